The van der Waals surface area contributed by atoms with Crippen LogP contribution in [0.4, 0.5) is 0 Å². The molecule has 1 aliphatic carbocycles. The van der Waals surface area contributed by atoms with E-state index in [1.807, 2.05) is 0 Å². The number of ether oxygens (including phenoxy) is 1. The SMILES string of the molecule is CC1=C(C(=O)O)N2C(=O)C(NC(=O)C(O)C3=C4C=COC=C4CC3)C2SC1. The summed E-state index contributed by atoms with van der Waals surface area (Å²) in [4.78, 5) is 37.6. The number of hydrogen-bond acceptors (Lipinski definition) is 6. The van der Waals surface area contributed by atoms with Crippen LogP contribution < -0.4 is 5.32 Å². The largest absolute Gasteiger partial charge is 0.477 e. The van der Waals surface area contributed by atoms with Crippen molar-refractivity contribution in [2.75, 3.05) is 5.75 Å². The van der Waals surface area contributed by atoms with Gasteiger partial charge in [0, 0.05) is 5.75 Å². The van der Waals surface area contributed by atoms with Crippen LogP contribution >= 0.6 is 11.8 Å². The number of carboxylic acids is 1. The summed E-state index contributed by atoms with van der Waals surface area (Å²) >= 11 is 1.40. The predicted octanol–water partition coefficient (Wildman–Crippen LogP) is 0.624. The summed E-state index contributed by atoms with van der Waals surface area (Å²) in [5.41, 5.74) is 2.92. The Hall–Kier alpha value is -2.52. The summed E-state index contributed by atoms with van der Waals surface area (Å²) in [6.45, 7) is 1.68. The fraction of sp³-hybridized carbons (Fsp3) is 0.389. The van der Waals surface area contributed by atoms with E-state index >= 15 is 0 Å². The number of rotatable bonds is 4. The van der Waals surface area contributed by atoms with Crippen LogP contribution in [0.25, 0.3) is 0 Å². The molecule has 3 atom stereocenters. The van der Waals surface area contributed by atoms with E-state index in [9.17, 15) is 24.6 Å². The lowest BCUT2D eigenvalue weighted by Crippen LogP contribution is -2.71. The second-order valence-corrected chi connectivity index (χ2v) is 7.86. The Bertz CT molecular complexity index is 871. The van der Waals surface area contributed by atoms with E-state index in [1.54, 1.807) is 19.3 Å². The third-order valence-electron chi connectivity index (χ3n) is 5.12. The van der Waals surface area contributed by atoms with Gasteiger partial charge in [0.1, 0.15) is 17.1 Å². The summed E-state index contributed by atoms with van der Waals surface area (Å²) in [5, 5.41) is 21.9. The van der Waals surface area contributed by atoms with Crippen LogP contribution in [-0.4, -0.2) is 56.2 Å². The number of amides is 2. The minimum Gasteiger partial charge on any atom is -0.477 e. The van der Waals surface area contributed by atoms with E-state index < -0.39 is 35.3 Å². The highest BCUT2D eigenvalue weighted by atomic mass is 32.2. The van der Waals surface area contributed by atoms with Crippen molar-refractivity contribution in [3.05, 3.63) is 46.6 Å². The standard InChI is InChI=1S/C18H18N2O6S/c1-8-7-27-17-12(16(23)20(17)13(8)18(24)25)19-15(22)14(21)11-3-2-9-6-26-5-4-10(9)11/h4-6,12,14,17,21H,2-3,7H2,1H3,(H,19,22)(H,24,25). The smallest absolute Gasteiger partial charge is 0.352 e. The first kappa shape index (κ1) is 17.9. The van der Waals surface area contributed by atoms with Crippen LogP contribution in [0.15, 0.2) is 46.6 Å². The predicted molar refractivity (Wildman–Crippen MR) is 95.9 cm³/mol. The Labute approximate surface area is 159 Å². The second kappa shape index (κ2) is 6.58. The van der Waals surface area contributed by atoms with Crippen LogP contribution in [0.1, 0.15) is 19.8 Å². The Morgan fingerprint density at radius 3 is 2.93 bits per heavy atom. The molecule has 1 saturated heterocycles. The monoisotopic (exact) mass is 390 g/mol. The molecule has 0 radical (unpaired) electrons. The molecule has 3 unspecified atom stereocenters. The lowest BCUT2D eigenvalue weighted by molar-refractivity contribution is -0.151. The third kappa shape index (κ3) is 2.78. The number of aliphatic carboxylic acids is 1. The van der Waals surface area contributed by atoms with Crippen molar-refractivity contribution < 1.29 is 29.3 Å². The van der Waals surface area contributed by atoms with Gasteiger partial charge in [0.2, 0.25) is 0 Å². The lowest BCUT2D eigenvalue weighted by Gasteiger charge is -2.49. The highest BCUT2D eigenvalue weighted by Crippen LogP contribution is 2.40. The topological polar surface area (TPSA) is 116 Å². The van der Waals surface area contributed by atoms with Crippen molar-refractivity contribution in [3.8, 4) is 0 Å². The fourth-order valence-corrected chi connectivity index (χ4v) is 5.05. The molecular formula is C18H18N2O6S. The van der Waals surface area contributed by atoms with E-state index in [-0.39, 0.29) is 5.70 Å². The average Bonchev–Trinajstić information content (AvgIpc) is 3.08. The Balaban J connectivity index is 1.48. The number of aliphatic hydroxyl groups is 1. The molecule has 4 rings (SSSR count). The summed E-state index contributed by atoms with van der Waals surface area (Å²) in [6.07, 6.45) is 4.66. The molecule has 9 heteroatoms. The number of β-lactam (4-membered cyclic amide) rings is 1. The van der Waals surface area contributed by atoms with Crippen LogP contribution in [0, 0.1) is 0 Å². The molecule has 8 nitrogen and oxygen atoms in total. The molecule has 3 N–H and O–H groups in total. The number of carbonyl (C=O) groups is 3. The van der Waals surface area contributed by atoms with E-state index in [1.165, 1.54) is 22.9 Å². The number of nitrogens with zero attached hydrogens (tertiary/aromatic N) is 1. The normalized spacial score (nSPS) is 27.4. The van der Waals surface area contributed by atoms with Crippen molar-refractivity contribution in [2.24, 2.45) is 0 Å². The van der Waals surface area contributed by atoms with Gasteiger partial charge < -0.3 is 20.3 Å². The molecule has 0 saturated carbocycles. The Morgan fingerprint density at radius 2 is 2.19 bits per heavy atom. The number of hydrogen-bond donors (Lipinski definition) is 3. The maximum atomic E-state index is 12.5. The summed E-state index contributed by atoms with van der Waals surface area (Å²) in [7, 11) is 0. The average molecular weight is 390 g/mol. The minimum absolute atomic E-state index is 0.0161. The molecule has 27 heavy (non-hydrogen) atoms. The lowest BCUT2D eigenvalue weighted by atomic mass is 10.0. The number of thioether (sulfide) groups is 1. The van der Waals surface area contributed by atoms with Gasteiger partial charge in [-0.05, 0) is 48.1 Å². The molecular weight excluding hydrogens is 372 g/mol. The number of carbonyl (C=O) groups excluding carboxylic acids is 2. The van der Waals surface area contributed by atoms with Crippen LogP contribution in [0.3, 0.4) is 0 Å². The third-order valence-corrected chi connectivity index (χ3v) is 6.54. The second-order valence-electron chi connectivity index (χ2n) is 6.75. The van der Waals surface area contributed by atoms with Crippen LogP contribution in [-0.2, 0) is 19.1 Å². The molecule has 0 aromatic heterocycles. The van der Waals surface area contributed by atoms with Crippen molar-refractivity contribution in [3.63, 3.8) is 0 Å². The summed E-state index contributed by atoms with van der Waals surface area (Å²) in [5.74, 6) is -1.81. The van der Waals surface area contributed by atoms with Crippen molar-refractivity contribution in [2.45, 2.75) is 37.3 Å². The van der Waals surface area contributed by atoms with Crippen LogP contribution in [0.5, 0.6) is 0 Å². The van der Waals surface area contributed by atoms with Gasteiger partial charge in [-0.1, -0.05) is 0 Å². The van der Waals surface area contributed by atoms with E-state index in [4.69, 9.17) is 4.74 Å². The first-order valence-corrected chi connectivity index (χ1v) is 9.55. The first-order valence-electron chi connectivity index (χ1n) is 8.50. The molecule has 1 fully saturated rings. The molecule has 0 aromatic carbocycles. The molecule has 0 spiro atoms. The number of carboxylic acid groups (broad SMARTS) is 1. The molecule has 3 aliphatic heterocycles. The maximum Gasteiger partial charge on any atom is 0.352 e. The van der Waals surface area contributed by atoms with Gasteiger partial charge in [-0.15, -0.1) is 11.8 Å². The molecule has 3 heterocycles. The van der Waals surface area contributed by atoms with E-state index in [0.717, 1.165) is 11.1 Å². The van der Waals surface area contributed by atoms with Gasteiger partial charge in [-0.3, -0.25) is 14.5 Å². The minimum atomic E-state index is -1.36. The molecule has 142 valence electrons. The molecule has 2 amide bonds. The van der Waals surface area contributed by atoms with E-state index in [0.29, 0.717) is 29.7 Å². The van der Waals surface area contributed by atoms with Crippen molar-refractivity contribution >= 4 is 29.5 Å². The number of nitrogens with one attached hydrogen (secondary N) is 1. The zero-order chi connectivity index (χ0) is 19.3. The Morgan fingerprint density at radius 1 is 1.41 bits per heavy atom. The highest BCUT2D eigenvalue weighted by molar-refractivity contribution is 8.00. The number of fused-ring (bicyclic) bond motifs is 2. The highest BCUT2D eigenvalue weighted by Gasteiger charge is 2.54. The zero-order valence-electron chi connectivity index (χ0n) is 14.5. The first-order chi connectivity index (χ1) is 12.9. The van der Waals surface area contributed by atoms with Crippen LogP contribution in [0.2, 0.25) is 0 Å². The van der Waals surface area contributed by atoms with E-state index in [2.05, 4.69) is 5.32 Å². The maximum absolute atomic E-state index is 12.5. The van der Waals surface area contributed by atoms with Gasteiger partial charge in [0.05, 0.1) is 12.5 Å². The van der Waals surface area contributed by atoms with Gasteiger partial charge in [0.25, 0.3) is 11.8 Å². The molecule has 0 aromatic rings. The van der Waals surface area contributed by atoms with Gasteiger partial charge in [0.15, 0.2) is 6.10 Å². The quantitative estimate of drug-likeness (QED) is 0.603. The van der Waals surface area contributed by atoms with Gasteiger partial charge >= 0.3 is 5.97 Å². The molecule has 4 aliphatic rings. The summed E-state index contributed by atoms with van der Waals surface area (Å²) < 4.78 is 5.11. The number of aliphatic hydroxyl groups excluding tert-OH is 1. The van der Waals surface area contributed by atoms with Gasteiger partial charge in [-0.25, -0.2) is 4.79 Å². The molecule has 0 bridgehead atoms. The zero-order valence-corrected chi connectivity index (χ0v) is 15.3. The van der Waals surface area contributed by atoms with Crippen molar-refractivity contribution in [1.29, 1.82) is 0 Å². The van der Waals surface area contributed by atoms with Gasteiger partial charge in [-0.2, -0.15) is 0 Å². The summed E-state index contributed by atoms with van der Waals surface area (Å²) in [6, 6.07) is -0.841. The fourth-order valence-electron chi connectivity index (χ4n) is 3.76. The Kier molecular flexibility index (Phi) is 4.35. The van der Waals surface area contributed by atoms with Crippen molar-refractivity contribution in [1.82, 2.24) is 10.2 Å². The number of allylic oxidation sites excluding steroid dienone is 3.